The summed E-state index contributed by atoms with van der Waals surface area (Å²) >= 11 is 0. The maximum absolute atomic E-state index is 5.76. The van der Waals surface area contributed by atoms with Crippen LogP contribution >= 0.6 is 0 Å². The quantitative estimate of drug-likeness (QED) is 0.907. The van der Waals surface area contributed by atoms with E-state index in [1.54, 1.807) is 7.11 Å². The highest BCUT2D eigenvalue weighted by molar-refractivity contribution is 5.30. The van der Waals surface area contributed by atoms with Crippen LogP contribution < -0.4 is 5.32 Å². The van der Waals surface area contributed by atoms with Crippen molar-refractivity contribution in [3.63, 3.8) is 0 Å². The first-order chi connectivity index (χ1) is 10.2. The molecule has 3 rings (SSSR count). The Bertz CT molecular complexity index is 460. The maximum atomic E-state index is 5.76. The Labute approximate surface area is 127 Å². The molecule has 2 heterocycles. The van der Waals surface area contributed by atoms with Gasteiger partial charge in [-0.1, -0.05) is 19.3 Å². The lowest BCUT2D eigenvalue weighted by Gasteiger charge is -2.28. The summed E-state index contributed by atoms with van der Waals surface area (Å²) < 4.78 is 13.5. The van der Waals surface area contributed by atoms with Crippen LogP contribution in [0.15, 0.2) is 6.20 Å². The van der Waals surface area contributed by atoms with Crippen LogP contribution in [0, 0.1) is 6.92 Å². The zero-order valence-electron chi connectivity index (χ0n) is 13.2. The maximum Gasteiger partial charge on any atom is 0.203 e. The summed E-state index contributed by atoms with van der Waals surface area (Å²) in [4.78, 5) is 4.67. The molecule has 1 aromatic rings. The van der Waals surface area contributed by atoms with Gasteiger partial charge in [0, 0.05) is 32.4 Å². The molecule has 2 aliphatic rings. The molecule has 5 heteroatoms. The zero-order chi connectivity index (χ0) is 14.7. The third-order valence-corrected chi connectivity index (χ3v) is 4.79. The fourth-order valence-corrected chi connectivity index (χ4v) is 3.46. The molecule has 21 heavy (non-hydrogen) atoms. The number of methoxy groups -OCH3 is 1. The third-order valence-electron chi connectivity index (χ3n) is 4.79. The molecule has 2 fully saturated rings. The molecule has 118 valence electrons. The lowest BCUT2D eigenvalue weighted by molar-refractivity contribution is -0.0291. The molecule has 0 bridgehead atoms. The van der Waals surface area contributed by atoms with Crippen molar-refractivity contribution in [2.75, 3.05) is 25.6 Å². The number of nitrogens with one attached hydrogen (secondary N) is 1. The first kappa shape index (κ1) is 14.9. The van der Waals surface area contributed by atoms with Gasteiger partial charge in [0.1, 0.15) is 5.60 Å². The summed E-state index contributed by atoms with van der Waals surface area (Å²) in [7, 11) is 1.78. The summed E-state index contributed by atoms with van der Waals surface area (Å²) in [6, 6.07) is 0.567. The number of rotatable bonds is 5. The van der Waals surface area contributed by atoms with Crippen LogP contribution in [-0.2, 0) is 16.0 Å². The third kappa shape index (κ3) is 3.40. The first-order valence-electron chi connectivity index (χ1n) is 8.14. The Kier molecular flexibility index (Phi) is 4.50. The minimum atomic E-state index is -0.198. The molecule has 1 unspecified atom stereocenters. The number of ether oxygens (including phenoxy) is 2. The molecule has 1 aromatic heterocycles. The van der Waals surface area contributed by atoms with Gasteiger partial charge in [-0.15, -0.1) is 0 Å². The molecule has 1 saturated heterocycles. The summed E-state index contributed by atoms with van der Waals surface area (Å²) in [5.74, 6) is 0.989. The number of anilines is 1. The molecule has 0 amide bonds. The number of hydrogen-bond acceptors (Lipinski definition) is 4. The highest BCUT2D eigenvalue weighted by Gasteiger charge is 2.36. The second kappa shape index (κ2) is 6.36. The topological polar surface area (TPSA) is 48.3 Å². The summed E-state index contributed by atoms with van der Waals surface area (Å²) in [6.07, 6.45) is 9.60. The van der Waals surface area contributed by atoms with Gasteiger partial charge in [0.2, 0.25) is 5.95 Å². The van der Waals surface area contributed by atoms with Crippen molar-refractivity contribution in [2.45, 2.75) is 63.6 Å². The van der Waals surface area contributed by atoms with Crippen LogP contribution in [0.4, 0.5) is 5.95 Å². The van der Waals surface area contributed by atoms with E-state index in [0.29, 0.717) is 12.6 Å². The van der Waals surface area contributed by atoms with Crippen molar-refractivity contribution >= 4 is 5.95 Å². The standard InChI is InChI=1S/C16H27N3O2/c1-13-10-19(11-16(20-2)8-9-21-12-16)15(17-13)18-14-6-4-3-5-7-14/h10,14H,3-9,11-12H2,1-2H3,(H,17,18). The Balaban J connectivity index is 1.72. The summed E-state index contributed by atoms with van der Waals surface area (Å²) in [5.41, 5.74) is 0.856. The van der Waals surface area contributed by atoms with E-state index >= 15 is 0 Å². The van der Waals surface area contributed by atoms with Gasteiger partial charge in [-0.05, 0) is 19.8 Å². The Hall–Kier alpha value is -1.07. The molecular formula is C16H27N3O2. The van der Waals surface area contributed by atoms with Crippen molar-refractivity contribution in [3.05, 3.63) is 11.9 Å². The molecule has 0 spiro atoms. The molecule has 1 N–H and O–H groups in total. The van der Waals surface area contributed by atoms with E-state index in [1.807, 2.05) is 6.92 Å². The smallest absolute Gasteiger partial charge is 0.203 e. The average molecular weight is 293 g/mol. The fourth-order valence-electron chi connectivity index (χ4n) is 3.46. The molecule has 0 radical (unpaired) electrons. The first-order valence-corrected chi connectivity index (χ1v) is 8.14. The Morgan fingerprint density at radius 3 is 2.90 bits per heavy atom. The molecule has 5 nitrogen and oxygen atoms in total. The Morgan fingerprint density at radius 1 is 1.43 bits per heavy atom. The van der Waals surface area contributed by atoms with Gasteiger partial charge < -0.3 is 19.4 Å². The molecule has 1 aliphatic carbocycles. The number of aryl methyl sites for hydroxylation is 1. The number of hydrogen-bond donors (Lipinski definition) is 1. The largest absolute Gasteiger partial charge is 0.378 e. The zero-order valence-corrected chi connectivity index (χ0v) is 13.2. The van der Waals surface area contributed by atoms with Gasteiger partial charge in [-0.3, -0.25) is 0 Å². The van der Waals surface area contributed by atoms with Gasteiger partial charge in [-0.25, -0.2) is 4.98 Å². The molecular weight excluding hydrogens is 266 g/mol. The lowest BCUT2D eigenvalue weighted by atomic mass is 9.96. The minimum absolute atomic E-state index is 0.198. The van der Waals surface area contributed by atoms with E-state index < -0.39 is 0 Å². The second-order valence-electron chi connectivity index (χ2n) is 6.50. The van der Waals surface area contributed by atoms with Crippen molar-refractivity contribution in [3.8, 4) is 0 Å². The van der Waals surface area contributed by atoms with Crippen LogP contribution in [0.5, 0.6) is 0 Å². The number of nitrogens with zero attached hydrogens (tertiary/aromatic N) is 2. The SMILES string of the molecule is COC1(Cn2cc(C)nc2NC2CCCCC2)CCOC1. The van der Waals surface area contributed by atoms with E-state index in [9.17, 15) is 0 Å². The molecule has 1 atom stereocenters. The van der Waals surface area contributed by atoms with E-state index in [1.165, 1.54) is 32.1 Å². The predicted molar refractivity (Wildman–Crippen MR) is 82.6 cm³/mol. The lowest BCUT2D eigenvalue weighted by Crippen LogP contribution is -2.37. The van der Waals surface area contributed by atoms with Crippen molar-refractivity contribution in [1.82, 2.24) is 9.55 Å². The van der Waals surface area contributed by atoms with Crippen LogP contribution in [0.2, 0.25) is 0 Å². The van der Waals surface area contributed by atoms with E-state index in [0.717, 1.165) is 31.2 Å². The van der Waals surface area contributed by atoms with Crippen LogP contribution in [0.25, 0.3) is 0 Å². The van der Waals surface area contributed by atoms with Gasteiger partial charge >= 0.3 is 0 Å². The van der Waals surface area contributed by atoms with Crippen LogP contribution in [0.3, 0.4) is 0 Å². The second-order valence-corrected chi connectivity index (χ2v) is 6.50. The highest BCUT2D eigenvalue weighted by Crippen LogP contribution is 2.27. The van der Waals surface area contributed by atoms with E-state index in [-0.39, 0.29) is 5.60 Å². The van der Waals surface area contributed by atoms with Crippen LogP contribution in [0.1, 0.15) is 44.2 Å². The monoisotopic (exact) mass is 293 g/mol. The highest BCUT2D eigenvalue weighted by atomic mass is 16.5. The van der Waals surface area contributed by atoms with Gasteiger partial charge in [0.25, 0.3) is 0 Å². The van der Waals surface area contributed by atoms with E-state index in [4.69, 9.17) is 9.47 Å². The van der Waals surface area contributed by atoms with Crippen molar-refractivity contribution in [2.24, 2.45) is 0 Å². The average Bonchev–Trinajstić information content (AvgIpc) is 3.08. The van der Waals surface area contributed by atoms with Crippen LogP contribution in [-0.4, -0.2) is 41.5 Å². The molecule has 1 saturated carbocycles. The van der Waals surface area contributed by atoms with Gasteiger partial charge in [0.15, 0.2) is 0 Å². The van der Waals surface area contributed by atoms with Gasteiger partial charge in [0.05, 0.1) is 18.8 Å². The minimum Gasteiger partial charge on any atom is -0.378 e. The van der Waals surface area contributed by atoms with Crippen molar-refractivity contribution < 1.29 is 9.47 Å². The predicted octanol–water partition coefficient (Wildman–Crippen LogP) is 2.74. The normalized spacial score (nSPS) is 27.1. The van der Waals surface area contributed by atoms with Gasteiger partial charge in [-0.2, -0.15) is 0 Å². The van der Waals surface area contributed by atoms with E-state index in [2.05, 4.69) is 21.1 Å². The number of aromatic nitrogens is 2. The summed E-state index contributed by atoms with van der Waals surface area (Å²) in [5, 5.41) is 3.64. The van der Waals surface area contributed by atoms with Crippen molar-refractivity contribution in [1.29, 1.82) is 0 Å². The Morgan fingerprint density at radius 2 is 2.24 bits per heavy atom. The summed E-state index contributed by atoms with van der Waals surface area (Å²) in [6.45, 7) is 4.31. The molecule has 1 aliphatic heterocycles. The number of imidazole rings is 1. The molecule has 0 aromatic carbocycles. The fraction of sp³-hybridized carbons (Fsp3) is 0.812.